The standard InChI is InChI=1S/C24H31N5O.HI/c1-25-24(26-17-19-8-7-9-21(16-19)28-13-5-6-14-28)27-20-12-15-29(18-20)22-10-3-4-11-23(22)30-2;/h3-11,16,20H,12-15,17-18H2,1-2H3,(H2,25,26,27);1H. The smallest absolute Gasteiger partial charge is 0.191 e. The van der Waals surface area contributed by atoms with Crippen LogP contribution in [0.3, 0.4) is 0 Å². The van der Waals surface area contributed by atoms with Crippen molar-refractivity contribution >= 4 is 41.3 Å². The number of aliphatic imine (C=N–C) groups is 1. The van der Waals surface area contributed by atoms with Crippen molar-refractivity contribution in [2.45, 2.75) is 19.0 Å². The van der Waals surface area contributed by atoms with Crippen LogP contribution in [0.25, 0.3) is 0 Å². The van der Waals surface area contributed by atoms with E-state index in [1.807, 2.05) is 19.2 Å². The average Bonchev–Trinajstić information content (AvgIpc) is 3.49. The Hall–Kier alpha value is -2.42. The number of benzene rings is 2. The molecule has 0 saturated carbocycles. The SMILES string of the molecule is CN=C(NCc1cccc(N2CC=CC2)c1)NC1CCN(c2ccccc2OC)C1.I. The van der Waals surface area contributed by atoms with Crippen molar-refractivity contribution in [1.29, 1.82) is 0 Å². The predicted octanol–water partition coefficient (Wildman–Crippen LogP) is 3.63. The van der Waals surface area contributed by atoms with Gasteiger partial charge in [0.25, 0.3) is 0 Å². The maximum absolute atomic E-state index is 5.52. The summed E-state index contributed by atoms with van der Waals surface area (Å²) >= 11 is 0. The van der Waals surface area contributed by atoms with Crippen LogP contribution in [0.15, 0.2) is 65.7 Å². The Kier molecular flexibility index (Phi) is 8.45. The Morgan fingerprint density at radius 3 is 2.68 bits per heavy atom. The van der Waals surface area contributed by atoms with E-state index in [2.05, 4.69) is 74.0 Å². The van der Waals surface area contributed by atoms with Crippen LogP contribution in [-0.4, -0.2) is 52.3 Å². The van der Waals surface area contributed by atoms with E-state index in [0.717, 1.165) is 56.5 Å². The van der Waals surface area contributed by atoms with Gasteiger partial charge >= 0.3 is 0 Å². The summed E-state index contributed by atoms with van der Waals surface area (Å²) in [5.41, 5.74) is 3.68. The van der Waals surface area contributed by atoms with Crippen molar-refractivity contribution in [3.63, 3.8) is 0 Å². The maximum Gasteiger partial charge on any atom is 0.191 e. The molecule has 1 saturated heterocycles. The van der Waals surface area contributed by atoms with Gasteiger partial charge in [-0.1, -0.05) is 36.4 Å². The summed E-state index contributed by atoms with van der Waals surface area (Å²) in [6.45, 7) is 4.66. The molecule has 1 fully saturated rings. The van der Waals surface area contributed by atoms with Gasteiger partial charge in [-0.2, -0.15) is 0 Å². The predicted molar refractivity (Wildman–Crippen MR) is 140 cm³/mol. The first kappa shape index (κ1) is 23.2. The number of guanidine groups is 1. The lowest BCUT2D eigenvalue weighted by atomic mass is 10.2. The van der Waals surface area contributed by atoms with Crippen LogP contribution in [0.1, 0.15) is 12.0 Å². The van der Waals surface area contributed by atoms with Gasteiger partial charge in [-0.3, -0.25) is 4.99 Å². The number of nitrogens with zero attached hydrogens (tertiary/aromatic N) is 3. The zero-order valence-corrected chi connectivity index (χ0v) is 20.6. The first-order valence-corrected chi connectivity index (χ1v) is 10.6. The molecule has 2 aromatic rings. The molecule has 166 valence electrons. The van der Waals surface area contributed by atoms with E-state index in [1.165, 1.54) is 11.3 Å². The number of rotatable bonds is 6. The molecule has 7 heteroatoms. The van der Waals surface area contributed by atoms with E-state index in [0.29, 0.717) is 6.04 Å². The lowest BCUT2D eigenvalue weighted by Gasteiger charge is -2.22. The zero-order chi connectivity index (χ0) is 20.8. The molecule has 0 spiro atoms. The lowest BCUT2D eigenvalue weighted by molar-refractivity contribution is 0.415. The Balaban J connectivity index is 0.00000272. The fourth-order valence-corrected chi connectivity index (χ4v) is 4.11. The van der Waals surface area contributed by atoms with Crippen molar-refractivity contribution < 1.29 is 4.74 Å². The average molecular weight is 533 g/mol. The topological polar surface area (TPSA) is 52.1 Å². The Morgan fingerprint density at radius 1 is 1.10 bits per heavy atom. The normalized spacial score (nSPS) is 18.1. The molecule has 31 heavy (non-hydrogen) atoms. The number of para-hydroxylation sites is 2. The summed E-state index contributed by atoms with van der Waals surface area (Å²) in [7, 11) is 3.56. The highest BCUT2D eigenvalue weighted by atomic mass is 127. The second kappa shape index (κ2) is 11.3. The van der Waals surface area contributed by atoms with Crippen LogP contribution in [0.4, 0.5) is 11.4 Å². The molecule has 2 N–H and O–H groups in total. The third kappa shape index (κ3) is 5.84. The van der Waals surface area contributed by atoms with Crippen molar-refractivity contribution in [3.05, 3.63) is 66.2 Å². The summed E-state index contributed by atoms with van der Waals surface area (Å²) in [4.78, 5) is 9.16. The third-order valence-electron chi connectivity index (χ3n) is 5.73. The quantitative estimate of drug-likeness (QED) is 0.257. The fourth-order valence-electron chi connectivity index (χ4n) is 4.11. The van der Waals surface area contributed by atoms with Gasteiger partial charge in [0.15, 0.2) is 5.96 Å². The summed E-state index contributed by atoms with van der Waals surface area (Å²) < 4.78 is 5.52. The molecule has 0 aromatic heterocycles. The van der Waals surface area contributed by atoms with Crippen molar-refractivity contribution in [1.82, 2.24) is 10.6 Å². The van der Waals surface area contributed by atoms with Gasteiger partial charge in [0.05, 0.1) is 12.8 Å². The summed E-state index contributed by atoms with van der Waals surface area (Å²) in [5, 5.41) is 7.05. The largest absolute Gasteiger partial charge is 0.495 e. The molecule has 6 nitrogen and oxygen atoms in total. The number of nitrogens with one attached hydrogen (secondary N) is 2. The number of hydrogen-bond acceptors (Lipinski definition) is 4. The summed E-state index contributed by atoms with van der Waals surface area (Å²) in [6.07, 6.45) is 5.50. The van der Waals surface area contributed by atoms with E-state index < -0.39 is 0 Å². The number of halogens is 1. The minimum atomic E-state index is 0. The van der Waals surface area contributed by atoms with Gasteiger partial charge in [-0.05, 0) is 36.2 Å². The second-order valence-corrected chi connectivity index (χ2v) is 7.72. The summed E-state index contributed by atoms with van der Waals surface area (Å²) in [5.74, 6) is 1.77. The molecule has 2 aliphatic rings. The monoisotopic (exact) mass is 533 g/mol. The third-order valence-corrected chi connectivity index (χ3v) is 5.73. The first-order valence-electron chi connectivity index (χ1n) is 10.6. The van der Waals surface area contributed by atoms with Crippen LogP contribution in [0.2, 0.25) is 0 Å². The molecule has 2 aliphatic heterocycles. The van der Waals surface area contributed by atoms with Gasteiger partial charge in [0, 0.05) is 51.5 Å². The maximum atomic E-state index is 5.52. The van der Waals surface area contributed by atoms with Crippen LogP contribution in [0, 0.1) is 0 Å². The molecule has 0 aliphatic carbocycles. The van der Waals surface area contributed by atoms with Gasteiger partial charge in [0.2, 0.25) is 0 Å². The zero-order valence-electron chi connectivity index (χ0n) is 18.3. The number of anilines is 2. The molecule has 0 bridgehead atoms. The lowest BCUT2D eigenvalue weighted by Crippen LogP contribution is -2.44. The van der Waals surface area contributed by atoms with E-state index >= 15 is 0 Å². The highest BCUT2D eigenvalue weighted by Crippen LogP contribution is 2.30. The van der Waals surface area contributed by atoms with Crippen LogP contribution < -0.4 is 25.2 Å². The number of ether oxygens (including phenoxy) is 1. The molecule has 1 unspecified atom stereocenters. The molecular weight excluding hydrogens is 501 g/mol. The number of methoxy groups -OCH3 is 1. The van der Waals surface area contributed by atoms with Gasteiger partial charge in [-0.25, -0.2) is 0 Å². The van der Waals surface area contributed by atoms with Crippen LogP contribution in [-0.2, 0) is 6.54 Å². The Bertz CT molecular complexity index is 908. The number of hydrogen-bond donors (Lipinski definition) is 2. The Morgan fingerprint density at radius 2 is 1.90 bits per heavy atom. The summed E-state index contributed by atoms with van der Waals surface area (Å²) in [6, 6.07) is 17.3. The molecule has 0 radical (unpaired) electrons. The van der Waals surface area contributed by atoms with Crippen LogP contribution >= 0.6 is 24.0 Å². The van der Waals surface area contributed by atoms with Gasteiger partial charge < -0.3 is 25.2 Å². The molecule has 4 rings (SSSR count). The van der Waals surface area contributed by atoms with Crippen molar-refractivity contribution in [2.24, 2.45) is 4.99 Å². The molecular formula is C24H32IN5O. The Labute approximate surface area is 202 Å². The van der Waals surface area contributed by atoms with Crippen molar-refractivity contribution in [2.75, 3.05) is 50.1 Å². The van der Waals surface area contributed by atoms with E-state index in [9.17, 15) is 0 Å². The minimum Gasteiger partial charge on any atom is -0.495 e. The minimum absolute atomic E-state index is 0. The molecule has 0 amide bonds. The van der Waals surface area contributed by atoms with Gasteiger partial charge in [0.1, 0.15) is 5.75 Å². The molecule has 2 heterocycles. The molecule has 1 atom stereocenters. The van der Waals surface area contributed by atoms with Crippen molar-refractivity contribution in [3.8, 4) is 5.75 Å². The fraction of sp³-hybridized carbons (Fsp3) is 0.375. The molecule has 2 aromatic carbocycles. The highest BCUT2D eigenvalue weighted by Gasteiger charge is 2.25. The first-order chi connectivity index (χ1) is 14.8. The van der Waals surface area contributed by atoms with Gasteiger partial charge in [-0.15, -0.1) is 24.0 Å². The van der Waals surface area contributed by atoms with E-state index in [-0.39, 0.29) is 24.0 Å². The second-order valence-electron chi connectivity index (χ2n) is 7.72. The highest BCUT2D eigenvalue weighted by molar-refractivity contribution is 14.0. The van der Waals surface area contributed by atoms with E-state index in [1.54, 1.807) is 7.11 Å². The van der Waals surface area contributed by atoms with Crippen LogP contribution in [0.5, 0.6) is 5.75 Å². The van der Waals surface area contributed by atoms with E-state index in [4.69, 9.17) is 4.74 Å².